The Hall–Kier alpha value is -0.670. The molecule has 1 fully saturated rings. The number of halogens is 1. The van der Waals surface area contributed by atoms with E-state index in [1.165, 1.54) is 11.8 Å². The molecule has 3 unspecified atom stereocenters. The van der Waals surface area contributed by atoms with E-state index in [-0.39, 0.29) is 11.3 Å². The Bertz CT molecular complexity index is 437. The molecule has 0 spiro atoms. The van der Waals surface area contributed by atoms with E-state index < -0.39 is 10.7 Å². The van der Waals surface area contributed by atoms with Crippen molar-refractivity contribution in [3.8, 4) is 0 Å². The summed E-state index contributed by atoms with van der Waals surface area (Å²) in [5.41, 5.74) is 0.854. The quantitative estimate of drug-likeness (QED) is 0.849. The van der Waals surface area contributed by atoms with Gasteiger partial charge < -0.3 is 5.11 Å². The maximum atomic E-state index is 12.0. The van der Waals surface area contributed by atoms with Gasteiger partial charge in [-0.1, -0.05) is 43.2 Å². The van der Waals surface area contributed by atoms with Crippen LogP contribution in [-0.4, -0.2) is 22.7 Å². The summed E-state index contributed by atoms with van der Waals surface area (Å²) in [7, 11) is 0. The average Bonchev–Trinajstić information content (AvgIpc) is 2.43. The summed E-state index contributed by atoms with van der Waals surface area (Å²) >= 11 is 7.87. The Morgan fingerprint density at radius 1 is 1.32 bits per heavy atom. The summed E-state index contributed by atoms with van der Waals surface area (Å²) < 4.78 is -0.923. The first kappa shape index (κ1) is 14.7. The van der Waals surface area contributed by atoms with E-state index in [9.17, 15) is 9.90 Å². The van der Waals surface area contributed by atoms with Crippen molar-refractivity contribution in [1.29, 1.82) is 0 Å². The van der Waals surface area contributed by atoms with Crippen LogP contribution < -0.4 is 0 Å². The fourth-order valence-electron chi connectivity index (χ4n) is 3.08. The molecular weight excluding hydrogens is 280 g/mol. The van der Waals surface area contributed by atoms with Gasteiger partial charge in [0, 0.05) is 11.3 Å². The molecule has 19 heavy (non-hydrogen) atoms. The van der Waals surface area contributed by atoms with Crippen LogP contribution in [0.3, 0.4) is 0 Å². The van der Waals surface area contributed by atoms with Crippen LogP contribution in [-0.2, 0) is 9.54 Å². The maximum Gasteiger partial charge on any atom is 0.324 e. The molecule has 0 aromatic heterocycles. The molecule has 2 rings (SSSR count). The number of benzene rings is 1. The van der Waals surface area contributed by atoms with E-state index in [0.29, 0.717) is 0 Å². The van der Waals surface area contributed by atoms with Gasteiger partial charge in [-0.05, 0) is 24.7 Å². The molecule has 4 heteroatoms. The lowest BCUT2D eigenvalue weighted by Gasteiger charge is -2.41. The number of carboxylic acid groups (broad SMARTS) is 1. The molecule has 1 aliphatic rings. The van der Waals surface area contributed by atoms with E-state index in [0.717, 1.165) is 31.2 Å². The zero-order valence-electron chi connectivity index (χ0n) is 11.0. The molecule has 1 aromatic rings. The smallest absolute Gasteiger partial charge is 0.324 e. The van der Waals surface area contributed by atoms with Crippen LogP contribution in [0, 0.1) is 5.92 Å². The molecular formula is C15H19ClO2S. The van der Waals surface area contributed by atoms with E-state index in [1.807, 2.05) is 36.6 Å². The van der Waals surface area contributed by atoms with Gasteiger partial charge in [0.1, 0.15) is 4.75 Å². The second kappa shape index (κ2) is 6.19. The third kappa shape index (κ3) is 2.63. The molecule has 0 radical (unpaired) electrons. The van der Waals surface area contributed by atoms with E-state index in [4.69, 9.17) is 11.6 Å². The van der Waals surface area contributed by atoms with Crippen LogP contribution in [0.25, 0.3) is 0 Å². The van der Waals surface area contributed by atoms with Gasteiger partial charge in [0.2, 0.25) is 0 Å². The minimum Gasteiger partial charge on any atom is -0.480 e. The Morgan fingerprint density at radius 3 is 2.47 bits per heavy atom. The maximum absolute atomic E-state index is 12.0. The number of carboxylic acids is 1. The van der Waals surface area contributed by atoms with E-state index >= 15 is 0 Å². The summed E-state index contributed by atoms with van der Waals surface area (Å²) in [5.74, 6) is -0.790. The first-order chi connectivity index (χ1) is 9.13. The lowest BCUT2D eigenvalue weighted by molar-refractivity contribution is -0.142. The van der Waals surface area contributed by atoms with Crippen molar-refractivity contribution in [2.75, 3.05) is 6.26 Å². The van der Waals surface area contributed by atoms with Crippen LogP contribution in [0.5, 0.6) is 0 Å². The van der Waals surface area contributed by atoms with Gasteiger partial charge in [0.15, 0.2) is 0 Å². The normalized spacial score (nSPS) is 26.6. The monoisotopic (exact) mass is 298 g/mol. The highest BCUT2D eigenvalue weighted by Crippen LogP contribution is 2.49. The number of hydrogen-bond acceptors (Lipinski definition) is 2. The standard InChI is InChI=1S/C15H19ClO2S/c1-19-15(14(17)18,11-7-3-2-4-8-11)12-9-5-6-10-13(12)16/h2-4,7-8,12-13H,5-6,9-10H2,1H3,(H,17,18). The Balaban J connectivity index is 2.48. The first-order valence-corrected chi connectivity index (χ1v) is 8.27. The summed E-state index contributed by atoms with van der Waals surface area (Å²) in [6.07, 6.45) is 5.84. The van der Waals surface area contributed by atoms with Crippen molar-refractivity contribution in [1.82, 2.24) is 0 Å². The van der Waals surface area contributed by atoms with Crippen LogP contribution in [0.4, 0.5) is 0 Å². The zero-order chi connectivity index (χ0) is 13.9. The molecule has 0 bridgehead atoms. The highest BCUT2D eigenvalue weighted by atomic mass is 35.5. The third-order valence-corrected chi connectivity index (χ3v) is 5.93. The summed E-state index contributed by atoms with van der Waals surface area (Å²) in [6.45, 7) is 0. The predicted molar refractivity (Wildman–Crippen MR) is 80.9 cm³/mol. The minimum absolute atomic E-state index is 0.0159. The van der Waals surface area contributed by atoms with Crippen molar-refractivity contribution >= 4 is 29.3 Å². The number of hydrogen-bond donors (Lipinski definition) is 1. The third-order valence-electron chi connectivity index (χ3n) is 4.05. The summed E-state index contributed by atoms with van der Waals surface area (Å²) in [5, 5.41) is 9.81. The van der Waals surface area contributed by atoms with Gasteiger partial charge >= 0.3 is 5.97 Å². The average molecular weight is 299 g/mol. The van der Waals surface area contributed by atoms with Crippen molar-refractivity contribution < 1.29 is 9.90 Å². The van der Waals surface area contributed by atoms with Gasteiger partial charge in [0.25, 0.3) is 0 Å². The molecule has 0 saturated heterocycles. The van der Waals surface area contributed by atoms with Crippen molar-refractivity contribution in [3.05, 3.63) is 35.9 Å². The van der Waals surface area contributed by atoms with Crippen molar-refractivity contribution in [2.45, 2.75) is 35.8 Å². The number of aliphatic carboxylic acids is 1. The molecule has 2 nitrogen and oxygen atoms in total. The lowest BCUT2D eigenvalue weighted by Crippen LogP contribution is -2.45. The fourth-order valence-corrected chi connectivity index (χ4v) is 4.76. The molecule has 1 N–H and O–H groups in total. The Kier molecular flexibility index (Phi) is 4.80. The Morgan fingerprint density at radius 2 is 1.95 bits per heavy atom. The number of rotatable bonds is 4. The van der Waals surface area contributed by atoms with Gasteiger partial charge in [0.05, 0.1) is 0 Å². The second-order valence-electron chi connectivity index (χ2n) is 5.02. The molecule has 0 amide bonds. The molecule has 104 valence electrons. The first-order valence-electron chi connectivity index (χ1n) is 6.61. The van der Waals surface area contributed by atoms with Gasteiger partial charge in [-0.2, -0.15) is 0 Å². The van der Waals surface area contributed by atoms with E-state index in [1.54, 1.807) is 0 Å². The number of alkyl halides is 1. The zero-order valence-corrected chi connectivity index (χ0v) is 12.6. The van der Waals surface area contributed by atoms with Crippen LogP contribution in [0.2, 0.25) is 0 Å². The van der Waals surface area contributed by atoms with Crippen molar-refractivity contribution in [3.63, 3.8) is 0 Å². The summed E-state index contributed by atoms with van der Waals surface area (Å²) in [6, 6.07) is 9.52. The van der Waals surface area contributed by atoms with Crippen LogP contribution in [0.1, 0.15) is 31.2 Å². The second-order valence-corrected chi connectivity index (χ2v) is 6.63. The SMILES string of the molecule is CSC(C(=O)O)(c1ccccc1)C1CCCCC1Cl. The highest BCUT2D eigenvalue weighted by molar-refractivity contribution is 8.00. The van der Waals surface area contributed by atoms with Gasteiger partial charge in [-0.15, -0.1) is 23.4 Å². The number of thioether (sulfide) groups is 1. The number of carbonyl (C=O) groups is 1. The lowest BCUT2D eigenvalue weighted by atomic mass is 9.75. The van der Waals surface area contributed by atoms with E-state index in [2.05, 4.69) is 0 Å². The fraction of sp³-hybridized carbons (Fsp3) is 0.533. The van der Waals surface area contributed by atoms with Crippen molar-refractivity contribution in [2.24, 2.45) is 5.92 Å². The summed E-state index contributed by atoms with van der Waals surface area (Å²) in [4.78, 5) is 12.0. The highest BCUT2D eigenvalue weighted by Gasteiger charge is 2.50. The predicted octanol–water partition coefficient (Wildman–Crippen LogP) is 4.13. The van der Waals surface area contributed by atoms with Gasteiger partial charge in [-0.25, -0.2) is 0 Å². The molecule has 0 aliphatic heterocycles. The molecule has 1 saturated carbocycles. The minimum atomic E-state index is -0.923. The largest absolute Gasteiger partial charge is 0.480 e. The van der Waals surface area contributed by atoms with Crippen LogP contribution >= 0.6 is 23.4 Å². The molecule has 1 aromatic carbocycles. The molecule has 3 atom stereocenters. The molecule has 1 aliphatic carbocycles. The Labute approximate surface area is 123 Å². The topological polar surface area (TPSA) is 37.3 Å². The van der Waals surface area contributed by atoms with Crippen LogP contribution in [0.15, 0.2) is 30.3 Å². The molecule has 0 heterocycles. The van der Waals surface area contributed by atoms with Gasteiger partial charge in [-0.3, -0.25) is 4.79 Å².